The molecule has 1 saturated carbocycles. The highest BCUT2D eigenvalue weighted by Crippen LogP contribution is 2.24. The van der Waals surface area contributed by atoms with E-state index in [-0.39, 0.29) is 0 Å². The highest BCUT2D eigenvalue weighted by molar-refractivity contribution is 5.45. The van der Waals surface area contributed by atoms with Gasteiger partial charge in [-0.1, -0.05) is 6.42 Å². The summed E-state index contributed by atoms with van der Waals surface area (Å²) in [6.07, 6.45) is 4.74. The Morgan fingerprint density at radius 2 is 2.38 bits per heavy atom. The molecule has 2 heteroatoms. The second-order valence-corrected chi connectivity index (χ2v) is 2.32. The molecule has 1 amide bonds. The van der Waals surface area contributed by atoms with Gasteiger partial charge in [-0.05, 0) is 18.8 Å². The summed E-state index contributed by atoms with van der Waals surface area (Å²) in [6.45, 7) is 0.892. The van der Waals surface area contributed by atoms with Gasteiger partial charge in [0.2, 0.25) is 6.41 Å². The zero-order valence-electron chi connectivity index (χ0n) is 4.89. The first-order valence-corrected chi connectivity index (χ1v) is 3.10. The number of hydrogen-bond acceptors (Lipinski definition) is 1. The molecule has 0 spiro atoms. The van der Waals surface area contributed by atoms with Crippen LogP contribution in [0, 0.1) is 5.92 Å². The normalized spacial score (nSPS) is 19.5. The SMILES string of the molecule is O=CNCC1CCC1. The lowest BCUT2D eigenvalue weighted by molar-refractivity contribution is -0.109. The van der Waals surface area contributed by atoms with Gasteiger partial charge >= 0.3 is 0 Å². The summed E-state index contributed by atoms with van der Waals surface area (Å²) >= 11 is 0. The summed E-state index contributed by atoms with van der Waals surface area (Å²) in [5.74, 6) is 0.792. The van der Waals surface area contributed by atoms with Gasteiger partial charge in [-0.2, -0.15) is 0 Å². The molecule has 0 bridgehead atoms. The van der Waals surface area contributed by atoms with Gasteiger partial charge in [0.15, 0.2) is 0 Å². The highest BCUT2D eigenvalue weighted by Gasteiger charge is 2.15. The first-order valence-electron chi connectivity index (χ1n) is 3.10. The Balaban J connectivity index is 1.93. The van der Waals surface area contributed by atoms with E-state index in [1.807, 2.05) is 0 Å². The summed E-state index contributed by atoms with van der Waals surface area (Å²) in [4.78, 5) is 9.74. The second kappa shape index (κ2) is 2.70. The van der Waals surface area contributed by atoms with Gasteiger partial charge < -0.3 is 5.32 Å². The van der Waals surface area contributed by atoms with E-state index in [2.05, 4.69) is 5.32 Å². The summed E-state index contributed by atoms with van der Waals surface area (Å²) in [5, 5.41) is 2.67. The van der Waals surface area contributed by atoms with Gasteiger partial charge in [0.25, 0.3) is 0 Å². The van der Waals surface area contributed by atoms with E-state index >= 15 is 0 Å². The van der Waals surface area contributed by atoms with Crippen LogP contribution in [0.4, 0.5) is 0 Å². The minimum Gasteiger partial charge on any atom is -0.358 e. The third kappa shape index (κ3) is 1.22. The molecule has 0 atom stereocenters. The zero-order valence-corrected chi connectivity index (χ0v) is 4.89. The molecule has 0 heterocycles. The molecule has 0 saturated heterocycles. The Morgan fingerprint density at radius 3 is 2.75 bits per heavy atom. The van der Waals surface area contributed by atoms with Crippen LogP contribution in [0.15, 0.2) is 0 Å². The van der Waals surface area contributed by atoms with E-state index in [4.69, 9.17) is 0 Å². The third-order valence-corrected chi connectivity index (χ3v) is 1.71. The average molecular weight is 113 g/mol. The van der Waals surface area contributed by atoms with Gasteiger partial charge in [-0.3, -0.25) is 4.79 Å². The van der Waals surface area contributed by atoms with Gasteiger partial charge in [-0.15, -0.1) is 0 Å². The third-order valence-electron chi connectivity index (χ3n) is 1.71. The van der Waals surface area contributed by atoms with Gasteiger partial charge in [0.05, 0.1) is 0 Å². The Labute approximate surface area is 49.3 Å². The monoisotopic (exact) mass is 113 g/mol. The van der Waals surface area contributed by atoms with E-state index in [9.17, 15) is 4.79 Å². The van der Waals surface area contributed by atoms with Crippen LogP contribution in [0.2, 0.25) is 0 Å². The van der Waals surface area contributed by atoms with E-state index < -0.39 is 0 Å². The number of rotatable bonds is 3. The lowest BCUT2D eigenvalue weighted by Gasteiger charge is -2.24. The maximum Gasteiger partial charge on any atom is 0.207 e. The van der Waals surface area contributed by atoms with Crippen molar-refractivity contribution in [2.24, 2.45) is 5.92 Å². The lowest BCUT2D eigenvalue weighted by Crippen LogP contribution is -2.25. The molecular formula is C6H11NO. The maximum absolute atomic E-state index is 9.74. The molecule has 1 N–H and O–H groups in total. The van der Waals surface area contributed by atoms with Crippen molar-refractivity contribution in [3.05, 3.63) is 0 Å². The topological polar surface area (TPSA) is 29.1 Å². The zero-order chi connectivity index (χ0) is 5.82. The van der Waals surface area contributed by atoms with Crippen LogP contribution in [0.5, 0.6) is 0 Å². The van der Waals surface area contributed by atoms with Crippen LogP contribution in [0.25, 0.3) is 0 Å². The summed E-state index contributed by atoms with van der Waals surface area (Å²) in [5.41, 5.74) is 0. The first-order chi connectivity index (χ1) is 3.93. The Kier molecular flexibility index (Phi) is 1.89. The lowest BCUT2D eigenvalue weighted by atomic mass is 9.86. The van der Waals surface area contributed by atoms with Crippen LogP contribution >= 0.6 is 0 Å². The Bertz CT molecular complexity index is 78.6. The van der Waals surface area contributed by atoms with Crippen molar-refractivity contribution < 1.29 is 4.79 Å². The molecule has 46 valence electrons. The number of carbonyl (C=O) groups is 1. The van der Waals surface area contributed by atoms with Crippen molar-refractivity contribution in [2.45, 2.75) is 19.3 Å². The summed E-state index contributed by atoms with van der Waals surface area (Å²) in [6, 6.07) is 0. The molecule has 1 rings (SSSR count). The molecule has 0 aliphatic heterocycles. The standard InChI is InChI=1S/C6H11NO/c8-5-7-4-6-2-1-3-6/h5-6H,1-4H2,(H,7,8). The molecule has 1 aliphatic carbocycles. The Hall–Kier alpha value is -0.530. The number of carbonyl (C=O) groups excluding carboxylic acids is 1. The predicted molar refractivity (Wildman–Crippen MR) is 31.4 cm³/mol. The molecular weight excluding hydrogens is 102 g/mol. The van der Waals surface area contributed by atoms with Crippen LogP contribution in [-0.2, 0) is 4.79 Å². The van der Waals surface area contributed by atoms with Gasteiger partial charge in [0.1, 0.15) is 0 Å². The van der Waals surface area contributed by atoms with E-state index in [1.165, 1.54) is 19.3 Å². The van der Waals surface area contributed by atoms with Crippen LogP contribution in [-0.4, -0.2) is 13.0 Å². The van der Waals surface area contributed by atoms with Crippen molar-refractivity contribution >= 4 is 6.41 Å². The molecule has 0 aromatic heterocycles. The highest BCUT2D eigenvalue weighted by atomic mass is 16.1. The quantitative estimate of drug-likeness (QED) is 0.531. The first kappa shape index (κ1) is 5.60. The van der Waals surface area contributed by atoms with Crippen molar-refractivity contribution in [2.75, 3.05) is 6.54 Å². The van der Waals surface area contributed by atoms with Crippen molar-refractivity contribution in [1.29, 1.82) is 0 Å². The largest absolute Gasteiger partial charge is 0.358 e. The average Bonchev–Trinajstić information content (AvgIpc) is 1.63. The van der Waals surface area contributed by atoms with E-state index in [0.29, 0.717) is 0 Å². The molecule has 2 nitrogen and oxygen atoms in total. The minimum absolute atomic E-state index is 0.776. The molecule has 0 aromatic rings. The van der Waals surface area contributed by atoms with Gasteiger partial charge in [0, 0.05) is 6.54 Å². The smallest absolute Gasteiger partial charge is 0.207 e. The predicted octanol–water partition coefficient (Wildman–Crippen LogP) is 0.532. The fraction of sp³-hybridized carbons (Fsp3) is 0.833. The van der Waals surface area contributed by atoms with E-state index in [0.717, 1.165) is 18.9 Å². The van der Waals surface area contributed by atoms with Crippen molar-refractivity contribution in [3.8, 4) is 0 Å². The molecule has 1 fully saturated rings. The fourth-order valence-electron chi connectivity index (χ4n) is 0.912. The molecule has 0 aromatic carbocycles. The molecule has 8 heavy (non-hydrogen) atoms. The second-order valence-electron chi connectivity index (χ2n) is 2.32. The minimum atomic E-state index is 0.776. The van der Waals surface area contributed by atoms with Crippen molar-refractivity contribution in [3.63, 3.8) is 0 Å². The van der Waals surface area contributed by atoms with Gasteiger partial charge in [-0.25, -0.2) is 0 Å². The van der Waals surface area contributed by atoms with Crippen molar-refractivity contribution in [1.82, 2.24) is 5.32 Å². The molecule has 0 radical (unpaired) electrons. The van der Waals surface area contributed by atoms with Crippen LogP contribution in [0.3, 0.4) is 0 Å². The van der Waals surface area contributed by atoms with E-state index in [1.54, 1.807) is 0 Å². The van der Waals surface area contributed by atoms with Crippen LogP contribution in [0.1, 0.15) is 19.3 Å². The maximum atomic E-state index is 9.74. The van der Waals surface area contributed by atoms with Crippen LogP contribution < -0.4 is 5.32 Å². The Morgan fingerprint density at radius 1 is 1.62 bits per heavy atom. The fourth-order valence-corrected chi connectivity index (χ4v) is 0.912. The molecule has 0 unspecified atom stereocenters. The summed E-state index contributed by atoms with van der Waals surface area (Å²) < 4.78 is 0. The summed E-state index contributed by atoms with van der Waals surface area (Å²) in [7, 11) is 0. The number of hydrogen-bond donors (Lipinski definition) is 1. The number of amides is 1. The number of nitrogens with one attached hydrogen (secondary N) is 1. The molecule has 1 aliphatic rings.